The van der Waals surface area contributed by atoms with Crippen molar-refractivity contribution >= 4 is 32.7 Å². The molecule has 100 valence electrons. The number of carbonyl (C=O) groups excluding carboxylic acids is 1. The molecule has 0 unspecified atom stereocenters. The lowest BCUT2D eigenvalue weighted by Crippen LogP contribution is -2.03. The average Bonchev–Trinajstić information content (AvgIpc) is 2.87. The van der Waals surface area contributed by atoms with Gasteiger partial charge in [0.25, 0.3) is 0 Å². The Morgan fingerprint density at radius 2 is 1.95 bits per heavy atom. The Kier molecular flexibility index (Phi) is 3.18. The Balaban J connectivity index is 2.13. The highest BCUT2D eigenvalue weighted by Crippen LogP contribution is 2.26. The number of fused-ring (bicyclic) bond motifs is 1. The van der Waals surface area contributed by atoms with E-state index >= 15 is 0 Å². The lowest BCUT2D eigenvalue weighted by atomic mass is 10.1. The van der Waals surface area contributed by atoms with Crippen molar-refractivity contribution in [1.82, 2.24) is 0 Å². The van der Waals surface area contributed by atoms with Crippen LogP contribution in [0.5, 0.6) is 0 Å². The Bertz CT molecular complexity index is 820. The fraction of sp³-hybridized carbons (Fsp3) is 0.0625. The molecule has 2 nitrogen and oxygen atoms in total. The minimum Gasteiger partial charge on any atom is -0.452 e. The molecule has 0 spiro atoms. The van der Waals surface area contributed by atoms with E-state index in [1.807, 2.05) is 25.1 Å². The van der Waals surface area contributed by atoms with E-state index in [9.17, 15) is 9.18 Å². The van der Waals surface area contributed by atoms with Gasteiger partial charge < -0.3 is 4.42 Å². The van der Waals surface area contributed by atoms with Crippen molar-refractivity contribution < 1.29 is 13.6 Å². The molecule has 0 radical (unpaired) electrons. The van der Waals surface area contributed by atoms with Crippen molar-refractivity contribution in [3.63, 3.8) is 0 Å². The first kappa shape index (κ1) is 13.1. The van der Waals surface area contributed by atoms with Gasteiger partial charge in [-0.3, -0.25) is 4.79 Å². The van der Waals surface area contributed by atoms with E-state index in [1.54, 1.807) is 18.2 Å². The summed E-state index contributed by atoms with van der Waals surface area (Å²) in [5.41, 5.74) is 1.60. The summed E-state index contributed by atoms with van der Waals surface area (Å²) in [7, 11) is 0. The third-order valence-electron chi connectivity index (χ3n) is 3.16. The molecular weight excluding hydrogens is 323 g/mol. The maximum atomic E-state index is 14.0. The van der Waals surface area contributed by atoms with Crippen molar-refractivity contribution in [2.75, 3.05) is 0 Å². The second-order valence-electron chi connectivity index (χ2n) is 4.53. The van der Waals surface area contributed by atoms with Gasteiger partial charge in [-0.05, 0) is 46.6 Å². The fourth-order valence-corrected chi connectivity index (χ4v) is 2.50. The first-order valence-corrected chi connectivity index (χ1v) is 6.85. The smallest absolute Gasteiger partial charge is 0.231 e. The molecule has 3 aromatic rings. The molecular formula is C16H10BrFO2. The highest BCUT2D eigenvalue weighted by atomic mass is 79.9. The maximum absolute atomic E-state index is 14.0. The van der Waals surface area contributed by atoms with Gasteiger partial charge in [-0.15, -0.1) is 0 Å². The van der Waals surface area contributed by atoms with Gasteiger partial charge in [0.05, 0.1) is 10.0 Å². The van der Waals surface area contributed by atoms with Crippen LogP contribution in [0.2, 0.25) is 0 Å². The van der Waals surface area contributed by atoms with Crippen molar-refractivity contribution in [3.05, 3.63) is 69.6 Å². The van der Waals surface area contributed by atoms with Crippen molar-refractivity contribution in [2.45, 2.75) is 6.92 Å². The minimum atomic E-state index is -0.574. The third kappa shape index (κ3) is 2.06. The first-order valence-electron chi connectivity index (χ1n) is 6.06. The van der Waals surface area contributed by atoms with Gasteiger partial charge >= 0.3 is 0 Å². The van der Waals surface area contributed by atoms with Crippen LogP contribution < -0.4 is 0 Å². The van der Waals surface area contributed by atoms with Gasteiger partial charge in [0, 0.05) is 5.39 Å². The molecule has 1 heterocycles. The molecule has 0 atom stereocenters. The summed E-state index contributed by atoms with van der Waals surface area (Å²) in [4.78, 5) is 12.3. The minimum absolute atomic E-state index is 0.00363. The summed E-state index contributed by atoms with van der Waals surface area (Å²) >= 11 is 3.08. The van der Waals surface area contributed by atoms with E-state index in [4.69, 9.17) is 4.42 Å². The summed E-state index contributed by atoms with van der Waals surface area (Å²) < 4.78 is 19.8. The summed E-state index contributed by atoms with van der Waals surface area (Å²) in [6.45, 7) is 1.90. The SMILES string of the molecule is Cc1cccc2cc(C(=O)c3cccc(Br)c3F)oc12. The van der Waals surface area contributed by atoms with Crippen LogP contribution in [-0.4, -0.2) is 5.78 Å². The van der Waals surface area contributed by atoms with Crippen LogP contribution in [0, 0.1) is 12.7 Å². The summed E-state index contributed by atoms with van der Waals surface area (Å²) in [5, 5.41) is 0.837. The maximum Gasteiger partial charge on any atom is 0.231 e. The lowest BCUT2D eigenvalue weighted by Gasteiger charge is -2.01. The normalized spacial score (nSPS) is 10.9. The van der Waals surface area contributed by atoms with E-state index in [1.165, 1.54) is 6.07 Å². The standard InChI is InChI=1S/C16H10BrFO2/c1-9-4-2-5-10-8-13(20-16(9)10)15(19)11-6-3-7-12(17)14(11)18/h2-8H,1H3. The van der Waals surface area contributed by atoms with Crippen molar-refractivity contribution in [3.8, 4) is 0 Å². The van der Waals surface area contributed by atoms with Crippen LogP contribution in [0.25, 0.3) is 11.0 Å². The molecule has 0 saturated carbocycles. The molecule has 0 aliphatic heterocycles. The molecule has 0 N–H and O–H groups in total. The van der Waals surface area contributed by atoms with Crippen LogP contribution >= 0.6 is 15.9 Å². The molecule has 0 aliphatic carbocycles. The zero-order valence-electron chi connectivity index (χ0n) is 10.6. The zero-order valence-corrected chi connectivity index (χ0v) is 12.2. The monoisotopic (exact) mass is 332 g/mol. The average molecular weight is 333 g/mol. The third-order valence-corrected chi connectivity index (χ3v) is 3.77. The molecule has 3 rings (SSSR count). The second-order valence-corrected chi connectivity index (χ2v) is 5.39. The number of rotatable bonds is 2. The van der Waals surface area contributed by atoms with E-state index in [0.29, 0.717) is 5.58 Å². The Labute approximate surface area is 123 Å². The molecule has 0 amide bonds. The molecule has 4 heteroatoms. The van der Waals surface area contributed by atoms with Crippen molar-refractivity contribution in [1.29, 1.82) is 0 Å². The molecule has 0 saturated heterocycles. The Morgan fingerprint density at radius 3 is 2.70 bits per heavy atom. The predicted molar refractivity (Wildman–Crippen MR) is 78.5 cm³/mol. The van der Waals surface area contributed by atoms with Gasteiger partial charge in [0.2, 0.25) is 5.78 Å². The largest absolute Gasteiger partial charge is 0.452 e. The van der Waals surface area contributed by atoms with Crippen LogP contribution in [0.3, 0.4) is 0 Å². The summed E-state index contributed by atoms with van der Waals surface area (Å²) in [6, 6.07) is 11.9. The second kappa shape index (κ2) is 4.87. The summed E-state index contributed by atoms with van der Waals surface area (Å²) in [5.74, 6) is -0.889. The van der Waals surface area contributed by atoms with Gasteiger partial charge in [-0.2, -0.15) is 0 Å². The van der Waals surface area contributed by atoms with E-state index in [-0.39, 0.29) is 15.8 Å². The number of furan rings is 1. The predicted octanol–water partition coefficient (Wildman–Crippen LogP) is 4.87. The number of para-hydroxylation sites is 1. The number of benzene rings is 2. The number of halogens is 2. The first-order chi connectivity index (χ1) is 9.58. The molecule has 0 fully saturated rings. The molecule has 1 aromatic heterocycles. The van der Waals surface area contributed by atoms with E-state index < -0.39 is 11.6 Å². The zero-order chi connectivity index (χ0) is 14.3. The number of hydrogen-bond acceptors (Lipinski definition) is 2. The topological polar surface area (TPSA) is 30.2 Å². The highest BCUT2D eigenvalue weighted by molar-refractivity contribution is 9.10. The fourth-order valence-electron chi connectivity index (χ4n) is 2.13. The van der Waals surface area contributed by atoms with Gasteiger partial charge in [0.1, 0.15) is 11.4 Å². The number of carbonyl (C=O) groups is 1. The Morgan fingerprint density at radius 1 is 1.20 bits per heavy atom. The molecule has 20 heavy (non-hydrogen) atoms. The summed E-state index contributed by atoms with van der Waals surface area (Å²) in [6.07, 6.45) is 0. The Hall–Kier alpha value is -1.94. The van der Waals surface area contributed by atoms with E-state index in [2.05, 4.69) is 15.9 Å². The number of hydrogen-bond donors (Lipinski definition) is 0. The lowest BCUT2D eigenvalue weighted by molar-refractivity contribution is 0.101. The number of ketones is 1. The van der Waals surface area contributed by atoms with Crippen LogP contribution in [-0.2, 0) is 0 Å². The molecule has 0 bridgehead atoms. The van der Waals surface area contributed by atoms with Crippen LogP contribution in [0.15, 0.2) is 51.4 Å². The highest BCUT2D eigenvalue weighted by Gasteiger charge is 2.19. The van der Waals surface area contributed by atoms with Crippen LogP contribution in [0.4, 0.5) is 4.39 Å². The van der Waals surface area contributed by atoms with Crippen molar-refractivity contribution in [2.24, 2.45) is 0 Å². The van der Waals surface area contributed by atoms with E-state index in [0.717, 1.165) is 10.9 Å². The quantitative estimate of drug-likeness (QED) is 0.626. The van der Waals surface area contributed by atoms with Gasteiger partial charge in [0.15, 0.2) is 5.76 Å². The van der Waals surface area contributed by atoms with Crippen LogP contribution in [0.1, 0.15) is 21.7 Å². The molecule has 2 aromatic carbocycles. The van der Waals surface area contributed by atoms with Gasteiger partial charge in [-0.1, -0.05) is 24.3 Å². The van der Waals surface area contributed by atoms with Gasteiger partial charge in [-0.25, -0.2) is 4.39 Å². The number of aryl methyl sites for hydroxylation is 1. The molecule has 0 aliphatic rings.